The number of hydrogen-bond acceptors (Lipinski definition) is 4. The summed E-state index contributed by atoms with van der Waals surface area (Å²) in [6.45, 7) is 6.43. The molecule has 0 aromatic carbocycles. The molecule has 2 atom stereocenters. The summed E-state index contributed by atoms with van der Waals surface area (Å²) in [7, 11) is 3.70. The summed E-state index contributed by atoms with van der Waals surface area (Å²) in [5.41, 5.74) is 0. The summed E-state index contributed by atoms with van der Waals surface area (Å²) >= 11 is 1.73. The van der Waals surface area contributed by atoms with Gasteiger partial charge in [0.2, 0.25) is 0 Å². The maximum atomic E-state index is 5.45. The summed E-state index contributed by atoms with van der Waals surface area (Å²) in [5, 5.41) is 4.28. The Morgan fingerprint density at radius 2 is 2.07 bits per heavy atom. The van der Waals surface area contributed by atoms with Crippen molar-refractivity contribution in [2.75, 3.05) is 14.2 Å². The minimum Gasteiger partial charge on any atom is -0.374 e. The molecule has 1 heterocycles. The zero-order chi connectivity index (χ0) is 11.4. The van der Waals surface area contributed by atoms with Crippen LogP contribution in [-0.4, -0.2) is 19.1 Å². The molecule has 0 bridgehead atoms. The second-order valence-corrected chi connectivity index (χ2v) is 5.11. The predicted molar refractivity (Wildman–Crippen MR) is 64.2 cm³/mol. The summed E-state index contributed by atoms with van der Waals surface area (Å²) in [6, 6.07) is 0.362. The van der Waals surface area contributed by atoms with E-state index in [1.54, 1.807) is 18.4 Å². The number of ether oxygens (including phenoxy) is 1. The lowest BCUT2D eigenvalue weighted by Crippen LogP contribution is -2.10. The molecule has 15 heavy (non-hydrogen) atoms. The van der Waals surface area contributed by atoms with Gasteiger partial charge in [0.25, 0.3) is 0 Å². The largest absolute Gasteiger partial charge is 0.374 e. The smallest absolute Gasteiger partial charge is 0.122 e. The van der Waals surface area contributed by atoms with Crippen LogP contribution in [0.1, 0.15) is 42.8 Å². The highest BCUT2D eigenvalue weighted by molar-refractivity contribution is 7.11. The Morgan fingerprint density at radius 1 is 1.40 bits per heavy atom. The van der Waals surface area contributed by atoms with Crippen molar-refractivity contribution in [3.63, 3.8) is 0 Å². The van der Waals surface area contributed by atoms with Crippen molar-refractivity contribution in [1.82, 2.24) is 10.3 Å². The monoisotopic (exact) mass is 228 g/mol. The SMILES string of the molecule is CNC(C)c1cnc(C(OC)C(C)C)s1. The number of nitrogens with zero attached hydrogens (tertiary/aromatic N) is 1. The molecule has 0 amide bonds. The molecule has 0 spiro atoms. The van der Waals surface area contributed by atoms with Crippen molar-refractivity contribution in [3.8, 4) is 0 Å². The van der Waals surface area contributed by atoms with Crippen LogP contribution in [0.4, 0.5) is 0 Å². The lowest BCUT2D eigenvalue weighted by molar-refractivity contribution is 0.0644. The summed E-state index contributed by atoms with van der Waals surface area (Å²) < 4.78 is 5.45. The van der Waals surface area contributed by atoms with E-state index in [1.807, 2.05) is 13.2 Å². The Bertz CT molecular complexity index is 299. The summed E-state index contributed by atoms with van der Waals surface area (Å²) in [5.74, 6) is 0.457. The van der Waals surface area contributed by atoms with Crippen LogP contribution in [-0.2, 0) is 4.74 Å². The van der Waals surface area contributed by atoms with Gasteiger partial charge in [-0.1, -0.05) is 13.8 Å². The van der Waals surface area contributed by atoms with Gasteiger partial charge in [-0.2, -0.15) is 0 Å². The third kappa shape index (κ3) is 3.00. The van der Waals surface area contributed by atoms with Crippen LogP contribution in [0.15, 0.2) is 6.20 Å². The zero-order valence-corrected chi connectivity index (χ0v) is 10.9. The molecule has 1 N–H and O–H groups in total. The van der Waals surface area contributed by atoms with Crippen molar-refractivity contribution >= 4 is 11.3 Å². The number of rotatable bonds is 5. The van der Waals surface area contributed by atoms with Crippen molar-refractivity contribution in [3.05, 3.63) is 16.1 Å². The molecule has 2 unspecified atom stereocenters. The van der Waals surface area contributed by atoms with E-state index >= 15 is 0 Å². The molecule has 1 aromatic rings. The number of hydrogen-bond donors (Lipinski definition) is 1. The van der Waals surface area contributed by atoms with Gasteiger partial charge >= 0.3 is 0 Å². The lowest BCUT2D eigenvalue weighted by Gasteiger charge is -2.16. The third-order valence-electron chi connectivity index (χ3n) is 2.50. The molecule has 0 aliphatic rings. The van der Waals surface area contributed by atoms with Gasteiger partial charge in [-0.05, 0) is 19.9 Å². The third-order valence-corrected chi connectivity index (χ3v) is 3.75. The van der Waals surface area contributed by atoms with Crippen LogP contribution < -0.4 is 5.32 Å². The quantitative estimate of drug-likeness (QED) is 0.841. The molecular weight excluding hydrogens is 208 g/mol. The van der Waals surface area contributed by atoms with Crippen LogP contribution in [0, 0.1) is 5.92 Å². The second kappa shape index (κ2) is 5.58. The molecule has 86 valence electrons. The molecule has 3 nitrogen and oxygen atoms in total. The number of thiazole rings is 1. The van der Waals surface area contributed by atoms with Gasteiger partial charge in [0.05, 0.1) is 0 Å². The van der Waals surface area contributed by atoms with Gasteiger partial charge in [0.1, 0.15) is 11.1 Å². The van der Waals surface area contributed by atoms with Gasteiger partial charge in [-0.15, -0.1) is 11.3 Å². The topological polar surface area (TPSA) is 34.2 Å². The maximum absolute atomic E-state index is 5.45. The van der Waals surface area contributed by atoms with E-state index in [1.165, 1.54) is 4.88 Å². The van der Waals surface area contributed by atoms with E-state index in [2.05, 4.69) is 31.1 Å². The van der Waals surface area contributed by atoms with Crippen LogP contribution in [0.3, 0.4) is 0 Å². The van der Waals surface area contributed by atoms with Crippen molar-refractivity contribution in [2.24, 2.45) is 5.92 Å². The molecule has 0 saturated carbocycles. The Morgan fingerprint density at radius 3 is 2.53 bits per heavy atom. The Hall–Kier alpha value is -0.450. The van der Waals surface area contributed by atoms with E-state index in [-0.39, 0.29) is 6.10 Å². The number of aromatic nitrogens is 1. The van der Waals surface area contributed by atoms with Crippen LogP contribution >= 0.6 is 11.3 Å². The number of nitrogens with one attached hydrogen (secondary N) is 1. The van der Waals surface area contributed by atoms with Crippen molar-refractivity contribution in [1.29, 1.82) is 0 Å². The van der Waals surface area contributed by atoms with Gasteiger partial charge in [-0.3, -0.25) is 0 Å². The molecule has 0 saturated heterocycles. The second-order valence-electron chi connectivity index (χ2n) is 4.01. The first-order chi connectivity index (χ1) is 7.10. The molecule has 1 aromatic heterocycles. The molecule has 0 aliphatic heterocycles. The normalized spacial score (nSPS) is 15.6. The molecule has 0 aliphatic carbocycles. The average molecular weight is 228 g/mol. The summed E-state index contributed by atoms with van der Waals surface area (Å²) in [6.07, 6.45) is 2.06. The molecular formula is C11H20N2OS. The van der Waals surface area contributed by atoms with E-state index in [0.29, 0.717) is 12.0 Å². The maximum Gasteiger partial charge on any atom is 0.122 e. The van der Waals surface area contributed by atoms with Crippen LogP contribution in [0.25, 0.3) is 0 Å². The van der Waals surface area contributed by atoms with E-state index in [4.69, 9.17) is 4.74 Å². The van der Waals surface area contributed by atoms with Gasteiger partial charge in [0.15, 0.2) is 0 Å². The zero-order valence-electron chi connectivity index (χ0n) is 10.1. The molecule has 4 heteroatoms. The average Bonchev–Trinajstić information content (AvgIpc) is 2.66. The van der Waals surface area contributed by atoms with Crippen LogP contribution in [0.2, 0.25) is 0 Å². The highest BCUT2D eigenvalue weighted by atomic mass is 32.1. The van der Waals surface area contributed by atoms with Gasteiger partial charge in [-0.25, -0.2) is 4.98 Å². The first-order valence-corrected chi connectivity index (χ1v) is 6.07. The highest BCUT2D eigenvalue weighted by Gasteiger charge is 2.19. The fourth-order valence-corrected chi connectivity index (χ4v) is 2.66. The van der Waals surface area contributed by atoms with Crippen molar-refractivity contribution < 1.29 is 4.74 Å². The molecule has 0 radical (unpaired) electrons. The van der Waals surface area contributed by atoms with E-state index in [9.17, 15) is 0 Å². The van der Waals surface area contributed by atoms with Crippen LogP contribution in [0.5, 0.6) is 0 Å². The first-order valence-electron chi connectivity index (χ1n) is 5.25. The van der Waals surface area contributed by atoms with Gasteiger partial charge in [0, 0.05) is 24.2 Å². The predicted octanol–water partition coefficient (Wildman–Crippen LogP) is 2.77. The fourth-order valence-electron chi connectivity index (χ4n) is 1.43. The Kier molecular flexibility index (Phi) is 4.70. The van der Waals surface area contributed by atoms with E-state index in [0.717, 1.165) is 5.01 Å². The minimum atomic E-state index is 0.118. The Labute approximate surface area is 95.9 Å². The summed E-state index contributed by atoms with van der Waals surface area (Å²) in [4.78, 5) is 5.69. The van der Waals surface area contributed by atoms with Crippen molar-refractivity contribution in [2.45, 2.75) is 32.9 Å². The highest BCUT2D eigenvalue weighted by Crippen LogP contribution is 2.30. The fraction of sp³-hybridized carbons (Fsp3) is 0.727. The van der Waals surface area contributed by atoms with Gasteiger partial charge < -0.3 is 10.1 Å². The number of methoxy groups -OCH3 is 1. The standard InChI is InChI=1S/C11H20N2OS/c1-7(2)10(14-5)11-13-6-9(15-11)8(3)12-4/h6-8,10,12H,1-5H3. The minimum absolute atomic E-state index is 0.118. The molecule has 1 rings (SSSR count). The molecule has 0 fully saturated rings. The lowest BCUT2D eigenvalue weighted by atomic mass is 10.1. The Balaban J connectivity index is 2.82. The van der Waals surface area contributed by atoms with E-state index < -0.39 is 0 Å². The first kappa shape index (κ1) is 12.6.